The highest BCUT2D eigenvalue weighted by Gasteiger charge is 2.40. The van der Waals surface area contributed by atoms with Gasteiger partial charge in [0.25, 0.3) is 5.91 Å². The Bertz CT molecular complexity index is 927. The summed E-state index contributed by atoms with van der Waals surface area (Å²) >= 11 is 0. The number of piperazine rings is 1. The lowest BCUT2D eigenvalue weighted by Gasteiger charge is -2.44. The average Bonchev–Trinajstić information content (AvgIpc) is 3.17. The number of hydrogen-bond donors (Lipinski definition) is 2. The van der Waals surface area contributed by atoms with E-state index >= 15 is 0 Å². The molecule has 1 aliphatic carbocycles. The minimum atomic E-state index is -0.565. The molecule has 1 aromatic rings. The summed E-state index contributed by atoms with van der Waals surface area (Å²) in [7, 11) is 0. The summed E-state index contributed by atoms with van der Waals surface area (Å²) in [5, 5.41) is 2.38. The van der Waals surface area contributed by atoms with E-state index < -0.39 is 6.04 Å². The third kappa shape index (κ3) is 4.44. The van der Waals surface area contributed by atoms with Gasteiger partial charge in [-0.2, -0.15) is 0 Å². The van der Waals surface area contributed by atoms with Gasteiger partial charge in [-0.25, -0.2) is 0 Å². The van der Waals surface area contributed by atoms with Crippen molar-refractivity contribution >= 4 is 17.7 Å². The molecule has 3 aliphatic heterocycles. The van der Waals surface area contributed by atoms with Gasteiger partial charge in [0.2, 0.25) is 11.8 Å². The van der Waals surface area contributed by atoms with Gasteiger partial charge in [-0.05, 0) is 48.9 Å². The summed E-state index contributed by atoms with van der Waals surface area (Å²) in [6.45, 7) is 6.22. The van der Waals surface area contributed by atoms with Gasteiger partial charge in [0, 0.05) is 57.3 Å². The minimum absolute atomic E-state index is 0.101. The summed E-state index contributed by atoms with van der Waals surface area (Å²) in [6.07, 6.45) is 5.83. The molecule has 0 radical (unpaired) electrons. The van der Waals surface area contributed by atoms with Crippen LogP contribution in [0.1, 0.15) is 60.0 Å². The number of benzene rings is 1. The number of imide groups is 1. The fourth-order valence-corrected chi connectivity index (χ4v) is 6.24. The zero-order chi connectivity index (χ0) is 22.9. The third-order valence-electron chi connectivity index (χ3n) is 8.12. The quantitative estimate of drug-likeness (QED) is 0.648. The summed E-state index contributed by atoms with van der Waals surface area (Å²) in [5.41, 5.74) is 8.96. The number of hydrogen-bond acceptors (Lipinski definition) is 6. The van der Waals surface area contributed by atoms with Gasteiger partial charge < -0.3 is 10.6 Å². The van der Waals surface area contributed by atoms with Crippen LogP contribution in [0.25, 0.3) is 0 Å². The van der Waals surface area contributed by atoms with E-state index in [2.05, 4.69) is 21.2 Å². The monoisotopic (exact) mass is 453 g/mol. The second kappa shape index (κ2) is 9.52. The van der Waals surface area contributed by atoms with Crippen LogP contribution in [0.3, 0.4) is 0 Å². The second-order valence-electron chi connectivity index (χ2n) is 10.0. The number of nitrogens with two attached hydrogens (primary N) is 1. The topological polar surface area (TPSA) is 99.0 Å². The van der Waals surface area contributed by atoms with E-state index in [0.29, 0.717) is 30.5 Å². The van der Waals surface area contributed by atoms with E-state index in [-0.39, 0.29) is 24.1 Å². The van der Waals surface area contributed by atoms with Crippen LogP contribution in [-0.4, -0.2) is 77.2 Å². The largest absolute Gasteiger partial charge is 0.330 e. The molecule has 0 aromatic heterocycles. The van der Waals surface area contributed by atoms with Crippen molar-refractivity contribution in [3.63, 3.8) is 0 Å². The van der Waals surface area contributed by atoms with Gasteiger partial charge in [0.1, 0.15) is 6.04 Å². The van der Waals surface area contributed by atoms with Gasteiger partial charge in [0.15, 0.2) is 0 Å². The SMILES string of the molecule is NC[C@@H]1CCCC[C@H]1N1CCN(Cc2cccc3c2CN(C2CCC(=O)NC2=O)C3=O)CC1. The molecule has 33 heavy (non-hydrogen) atoms. The Morgan fingerprint density at radius 3 is 2.55 bits per heavy atom. The first-order valence-corrected chi connectivity index (χ1v) is 12.5. The lowest BCUT2D eigenvalue weighted by Crippen LogP contribution is -2.53. The molecule has 178 valence electrons. The molecule has 3 fully saturated rings. The zero-order valence-electron chi connectivity index (χ0n) is 19.3. The van der Waals surface area contributed by atoms with Crippen molar-refractivity contribution in [1.82, 2.24) is 20.0 Å². The molecule has 0 bridgehead atoms. The van der Waals surface area contributed by atoms with Gasteiger partial charge in [-0.15, -0.1) is 0 Å². The van der Waals surface area contributed by atoms with Crippen molar-refractivity contribution in [2.75, 3.05) is 32.7 Å². The number of amides is 3. The normalized spacial score (nSPS) is 29.3. The molecular weight excluding hydrogens is 418 g/mol. The first-order chi connectivity index (χ1) is 16.0. The van der Waals surface area contributed by atoms with Crippen molar-refractivity contribution in [2.24, 2.45) is 11.7 Å². The lowest BCUT2D eigenvalue weighted by atomic mass is 9.83. The van der Waals surface area contributed by atoms with E-state index in [9.17, 15) is 14.4 Å². The van der Waals surface area contributed by atoms with E-state index in [1.54, 1.807) is 4.90 Å². The molecule has 1 saturated carbocycles. The second-order valence-corrected chi connectivity index (χ2v) is 10.0. The molecule has 3 amide bonds. The van der Waals surface area contributed by atoms with E-state index in [4.69, 9.17) is 5.73 Å². The fraction of sp³-hybridized carbons (Fsp3) is 0.640. The molecule has 5 rings (SSSR count). The predicted octanol–water partition coefficient (Wildman–Crippen LogP) is 1.08. The number of carbonyl (C=O) groups excluding carboxylic acids is 3. The van der Waals surface area contributed by atoms with Crippen LogP contribution in [0.2, 0.25) is 0 Å². The van der Waals surface area contributed by atoms with E-state index in [1.807, 2.05) is 12.1 Å². The number of nitrogens with one attached hydrogen (secondary N) is 1. The molecule has 8 heteroatoms. The average molecular weight is 454 g/mol. The van der Waals surface area contributed by atoms with Crippen LogP contribution >= 0.6 is 0 Å². The van der Waals surface area contributed by atoms with Gasteiger partial charge >= 0.3 is 0 Å². The Labute approximate surface area is 195 Å². The van der Waals surface area contributed by atoms with Crippen LogP contribution < -0.4 is 11.1 Å². The third-order valence-corrected chi connectivity index (χ3v) is 8.12. The lowest BCUT2D eigenvalue weighted by molar-refractivity contribution is -0.136. The van der Waals surface area contributed by atoms with Crippen molar-refractivity contribution in [3.05, 3.63) is 34.9 Å². The fourth-order valence-electron chi connectivity index (χ4n) is 6.24. The van der Waals surface area contributed by atoms with Gasteiger partial charge in [-0.3, -0.25) is 29.5 Å². The van der Waals surface area contributed by atoms with Crippen LogP contribution in [-0.2, 0) is 22.7 Å². The van der Waals surface area contributed by atoms with Crippen molar-refractivity contribution in [1.29, 1.82) is 0 Å². The highest BCUT2D eigenvalue weighted by molar-refractivity contribution is 6.05. The van der Waals surface area contributed by atoms with Crippen LogP contribution in [0.5, 0.6) is 0 Å². The maximum absolute atomic E-state index is 13.1. The first kappa shape index (κ1) is 22.5. The zero-order valence-corrected chi connectivity index (χ0v) is 19.3. The highest BCUT2D eigenvalue weighted by Crippen LogP contribution is 2.32. The Morgan fingerprint density at radius 2 is 1.79 bits per heavy atom. The molecule has 4 aliphatic rings. The Kier molecular flexibility index (Phi) is 6.49. The number of carbonyl (C=O) groups is 3. The van der Waals surface area contributed by atoms with Crippen molar-refractivity contribution in [2.45, 2.75) is 63.7 Å². The predicted molar refractivity (Wildman–Crippen MR) is 124 cm³/mol. The molecule has 3 atom stereocenters. The maximum atomic E-state index is 13.1. The van der Waals surface area contributed by atoms with E-state index in [1.165, 1.54) is 31.2 Å². The van der Waals surface area contributed by atoms with Gasteiger partial charge in [-0.1, -0.05) is 25.0 Å². The van der Waals surface area contributed by atoms with Crippen molar-refractivity contribution < 1.29 is 14.4 Å². The van der Waals surface area contributed by atoms with E-state index in [0.717, 1.165) is 44.8 Å². The van der Waals surface area contributed by atoms with Crippen LogP contribution in [0, 0.1) is 5.92 Å². The molecule has 0 spiro atoms. The number of nitrogens with zero attached hydrogens (tertiary/aromatic N) is 3. The Balaban J connectivity index is 1.23. The molecule has 8 nitrogen and oxygen atoms in total. The molecule has 1 aromatic carbocycles. The maximum Gasteiger partial charge on any atom is 0.255 e. The molecule has 2 saturated heterocycles. The van der Waals surface area contributed by atoms with Gasteiger partial charge in [0.05, 0.1) is 0 Å². The Hall–Kier alpha value is -2.29. The number of rotatable bonds is 5. The highest BCUT2D eigenvalue weighted by atomic mass is 16.2. The molecule has 3 heterocycles. The summed E-state index contributed by atoms with van der Waals surface area (Å²) < 4.78 is 0. The number of piperidine rings is 1. The molecular formula is C25H35N5O3. The smallest absolute Gasteiger partial charge is 0.255 e. The van der Waals surface area contributed by atoms with Crippen molar-refractivity contribution in [3.8, 4) is 0 Å². The summed E-state index contributed by atoms with van der Waals surface area (Å²) in [5.74, 6) is -0.0851. The Morgan fingerprint density at radius 1 is 1.00 bits per heavy atom. The minimum Gasteiger partial charge on any atom is -0.330 e. The standard InChI is InChI=1S/C25H35N5O3/c26-14-17-4-1-2-7-21(17)29-12-10-28(11-13-29)15-18-5-3-6-19-20(18)16-30(25(19)33)22-8-9-23(31)27-24(22)32/h3,5-6,17,21-22H,1-2,4,7-16,26H2,(H,27,31,32)/t17-,21+,22?/m0/s1. The summed E-state index contributed by atoms with van der Waals surface area (Å²) in [4.78, 5) is 43.7. The van der Waals surface area contributed by atoms with Crippen LogP contribution in [0.15, 0.2) is 18.2 Å². The molecule has 3 N–H and O–H groups in total. The summed E-state index contributed by atoms with van der Waals surface area (Å²) in [6, 6.07) is 5.99. The van der Waals surface area contributed by atoms with Crippen LogP contribution in [0.4, 0.5) is 0 Å². The number of fused-ring (bicyclic) bond motifs is 1. The molecule has 1 unspecified atom stereocenters. The first-order valence-electron chi connectivity index (χ1n) is 12.5.